The molecular formula is C15H13ClO4S2. The average molecular weight is 357 g/mol. The van der Waals surface area contributed by atoms with E-state index in [1.54, 1.807) is 37.3 Å². The second kappa shape index (κ2) is 5.08. The molecule has 0 aliphatic carbocycles. The Balaban J connectivity index is 2.37. The molecule has 2 aromatic rings. The smallest absolute Gasteiger partial charge is 0.218 e. The Kier molecular flexibility index (Phi) is 3.58. The molecular weight excluding hydrogens is 344 g/mol. The van der Waals surface area contributed by atoms with Crippen LogP contribution in [0.1, 0.15) is 16.7 Å². The van der Waals surface area contributed by atoms with Crippen molar-refractivity contribution in [2.24, 2.45) is 0 Å². The number of sulfone groups is 1. The standard InChI is InChI=1S/C15H13ClO4S2/c1-10-8-12-7-6-11-4-2-3-5-13(11)21(17,18)15(12)9-14(10)22(16,19)20/h2-5,8-9H,6-7H2,1H3. The summed E-state index contributed by atoms with van der Waals surface area (Å²) in [5.41, 5.74) is 1.82. The van der Waals surface area contributed by atoms with Gasteiger partial charge in [0.25, 0.3) is 9.05 Å². The lowest BCUT2D eigenvalue weighted by Gasteiger charge is -2.11. The van der Waals surface area contributed by atoms with Gasteiger partial charge in [0.1, 0.15) is 0 Å². The molecule has 4 nitrogen and oxygen atoms in total. The zero-order chi connectivity index (χ0) is 16.1. The van der Waals surface area contributed by atoms with E-state index < -0.39 is 18.9 Å². The molecule has 2 aromatic carbocycles. The number of benzene rings is 2. The molecule has 0 unspecified atom stereocenters. The van der Waals surface area contributed by atoms with Gasteiger partial charge in [0.2, 0.25) is 9.84 Å². The maximum Gasteiger partial charge on any atom is 0.261 e. The van der Waals surface area contributed by atoms with Crippen LogP contribution in [-0.2, 0) is 31.7 Å². The molecule has 116 valence electrons. The highest BCUT2D eigenvalue weighted by Gasteiger charge is 2.29. The zero-order valence-corrected chi connectivity index (χ0v) is 14.1. The van der Waals surface area contributed by atoms with Gasteiger partial charge in [-0.2, -0.15) is 0 Å². The van der Waals surface area contributed by atoms with Gasteiger partial charge in [-0.15, -0.1) is 0 Å². The second-order valence-corrected chi connectivity index (χ2v) is 9.70. The highest BCUT2D eigenvalue weighted by Crippen LogP contribution is 2.35. The first-order chi connectivity index (χ1) is 10.2. The first-order valence-electron chi connectivity index (χ1n) is 6.62. The van der Waals surface area contributed by atoms with Crippen LogP contribution in [0.4, 0.5) is 0 Å². The first kappa shape index (κ1) is 15.5. The van der Waals surface area contributed by atoms with Crippen LogP contribution >= 0.6 is 10.7 Å². The Bertz CT molecular complexity index is 977. The minimum absolute atomic E-state index is 0.0299. The predicted octanol–water partition coefficient (Wildman–Crippen LogP) is 2.85. The highest BCUT2D eigenvalue weighted by atomic mass is 35.7. The molecule has 0 aromatic heterocycles. The van der Waals surface area contributed by atoms with Crippen LogP contribution in [-0.4, -0.2) is 16.8 Å². The number of hydrogen-bond donors (Lipinski definition) is 0. The molecule has 1 heterocycles. The highest BCUT2D eigenvalue weighted by molar-refractivity contribution is 8.13. The van der Waals surface area contributed by atoms with Crippen LogP contribution < -0.4 is 0 Å². The molecule has 0 amide bonds. The summed E-state index contributed by atoms with van der Waals surface area (Å²) in [6.07, 6.45) is 1.13. The minimum Gasteiger partial charge on any atom is -0.218 e. The number of hydrogen-bond acceptors (Lipinski definition) is 4. The monoisotopic (exact) mass is 356 g/mol. The number of halogens is 1. The van der Waals surface area contributed by atoms with E-state index in [0.29, 0.717) is 24.0 Å². The van der Waals surface area contributed by atoms with Gasteiger partial charge in [-0.25, -0.2) is 16.8 Å². The van der Waals surface area contributed by atoms with Gasteiger partial charge >= 0.3 is 0 Å². The number of rotatable bonds is 1. The molecule has 0 fully saturated rings. The Labute approximate surface area is 134 Å². The molecule has 0 bridgehead atoms. The molecule has 22 heavy (non-hydrogen) atoms. The van der Waals surface area contributed by atoms with Crippen molar-refractivity contribution in [1.29, 1.82) is 0 Å². The summed E-state index contributed by atoms with van der Waals surface area (Å²) in [6.45, 7) is 1.61. The Morgan fingerprint density at radius 3 is 2.32 bits per heavy atom. The van der Waals surface area contributed by atoms with Gasteiger partial charge in [0, 0.05) is 10.7 Å². The Morgan fingerprint density at radius 2 is 1.64 bits per heavy atom. The summed E-state index contributed by atoms with van der Waals surface area (Å²) in [7, 11) is -2.34. The lowest BCUT2D eigenvalue weighted by molar-refractivity contribution is 0.595. The molecule has 0 saturated carbocycles. The molecule has 1 aliphatic rings. The fraction of sp³-hybridized carbons (Fsp3) is 0.200. The maximum absolute atomic E-state index is 12.9. The Hall–Kier alpha value is -1.37. The van der Waals surface area contributed by atoms with Gasteiger partial charge in [-0.1, -0.05) is 24.3 Å². The third-order valence-corrected chi connectivity index (χ3v) is 7.24. The summed E-state index contributed by atoms with van der Waals surface area (Å²) in [6, 6.07) is 9.58. The zero-order valence-electron chi connectivity index (χ0n) is 11.7. The van der Waals surface area contributed by atoms with Crippen LogP contribution in [0.15, 0.2) is 51.1 Å². The van der Waals surface area contributed by atoms with Crippen molar-refractivity contribution in [3.63, 3.8) is 0 Å². The predicted molar refractivity (Wildman–Crippen MR) is 83.5 cm³/mol. The van der Waals surface area contributed by atoms with E-state index in [1.807, 2.05) is 0 Å². The Morgan fingerprint density at radius 1 is 1.00 bits per heavy atom. The summed E-state index contributed by atoms with van der Waals surface area (Å²) in [4.78, 5) is 0.105. The summed E-state index contributed by atoms with van der Waals surface area (Å²) >= 11 is 0. The van der Waals surface area contributed by atoms with E-state index >= 15 is 0 Å². The van der Waals surface area contributed by atoms with Crippen molar-refractivity contribution >= 4 is 29.6 Å². The van der Waals surface area contributed by atoms with E-state index in [2.05, 4.69) is 0 Å². The van der Waals surface area contributed by atoms with Crippen molar-refractivity contribution in [2.75, 3.05) is 0 Å². The lowest BCUT2D eigenvalue weighted by atomic mass is 10.0. The van der Waals surface area contributed by atoms with Crippen LogP contribution in [0.5, 0.6) is 0 Å². The van der Waals surface area contributed by atoms with Crippen molar-refractivity contribution in [1.82, 2.24) is 0 Å². The van der Waals surface area contributed by atoms with E-state index in [9.17, 15) is 16.8 Å². The van der Waals surface area contributed by atoms with E-state index in [1.165, 1.54) is 6.07 Å². The summed E-state index contributed by atoms with van der Waals surface area (Å²) in [5.74, 6) is 0. The quantitative estimate of drug-likeness (QED) is 0.737. The van der Waals surface area contributed by atoms with Gasteiger partial charge < -0.3 is 0 Å². The molecule has 0 spiro atoms. The maximum atomic E-state index is 12.9. The van der Waals surface area contributed by atoms with E-state index in [0.717, 1.165) is 5.56 Å². The molecule has 1 aliphatic heterocycles. The minimum atomic E-state index is -4.00. The largest absolute Gasteiger partial charge is 0.261 e. The molecule has 0 saturated heterocycles. The molecule has 7 heteroatoms. The first-order valence-corrected chi connectivity index (χ1v) is 10.4. The topological polar surface area (TPSA) is 68.3 Å². The average Bonchev–Trinajstić information content (AvgIpc) is 2.53. The van der Waals surface area contributed by atoms with E-state index in [4.69, 9.17) is 10.7 Å². The number of aryl methyl sites for hydroxylation is 3. The van der Waals surface area contributed by atoms with E-state index in [-0.39, 0.29) is 14.7 Å². The molecule has 0 radical (unpaired) electrons. The fourth-order valence-corrected chi connectivity index (χ4v) is 5.86. The SMILES string of the molecule is Cc1cc2c(cc1S(=O)(=O)Cl)S(=O)(=O)c1ccccc1CC2. The summed E-state index contributed by atoms with van der Waals surface area (Å²) < 4.78 is 49.0. The van der Waals surface area contributed by atoms with Gasteiger partial charge in [-0.05, 0) is 48.6 Å². The van der Waals surface area contributed by atoms with Crippen molar-refractivity contribution in [3.05, 3.63) is 53.1 Å². The lowest BCUT2D eigenvalue weighted by Crippen LogP contribution is -2.07. The molecule has 0 N–H and O–H groups in total. The van der Waals surface area contributed by atoms with Gasteiger partial charge in [0.05, 0.1) is 14.7 Å². The van der Waals surface area contributed by atoms with Gasteiger partial charge in [-0.3, -0.25) is 0 Å². The second-order valence-electron chi connectivity index (χ2n) is 5.27. The van der Waals surface area contributed by atoms with Crippen LogP contribution in [0.2, 0.25) is 0 Å². The number of fused-ring (bicyclic) bond motifs is 2. The molecule has 0 atom stereocenters. The summed E-state index contributed by atoms with van der Waals surface area (Å²) in [5, 5.41) is 0. The third kappa shape index (κ3) is 2.45. The molecule has 3 rings (SSSR count). The van der Waals surface area contributed by atoms with Gasteiger partial charge in [0.15, 0.2) is 0 Å². The fourth-order valence-electron chi connectivity index (χ4n) is 2.80. The third-order valence-electron chi connectivity index (χ3n) is 3.84. The van der Waals surface area contributed by atoms with Crippen LogP contribution in [0, 0.1) is 6.92 Å². The van der Waals surface area contributed by atoms with Crippen molar-refractivity contribution in [2.45, 2.75) is 34.5 Å². The van der Waals surface area contributed by atoms with Crippen LogP contribution in [0.3, 0.4) is 0 Å². The van der Waals surface area contributed by atoms with Crippen molar-refractivity contribution < 1.29 is 16.8 Å². The van der Waals surface area contributed by atoms with Crippen molar-refractivity contribution in [3.8, 4) is 0 Å². The van der Waals surface area contributed by atoms with Crippen LogP contribution in [0.25, 0.3) is 0 Å². The normalized spacial score (nSPS) is 16.5.